The number of rotatable bonds is 28. The molecule has 0 spiro atoms. The van der Waals surface area contributed by atoms with Crippen molar-refractivity contribution in [2.24, 2.45) is 11.8 Å². The zero-order valence-electron chi connectivity index (χ0n) is 27.3. The highest BCUT2D eigenvalue weighted by Crippen LogP contribution is 2.25. The smallest absolute Gasteiger partial charge is 0.327 e. The van der Waals surface area contributed by atoms with Crippen molar-refractivity contribution >= 4 is 22.1 Å². The van der Waals surface area contributed by atoms with Gasteiger partial charge in [0.15, 0.2) is 5.25 Å². The summed E-state index contributed by atoms with van der Waals surface area (Å²) in [7, 11) is -4.88. The molecule has 0 aromatic heterocycles. The molecule has 1 N–H and O–H groups in total. The molecule has 0 aliphatic rings. The fraction of sp³-hybridized carbons (Fsp3) is 0.824. The molecule has 3 atom stereocenters. The molecule has 0 aromatic carbocycles. The topological polar surface area (TPSA) is 107 Å². The first-order valence-corrected chi connectivity index (χ1v) is 18.2. The second-order valence-corrected chi connectivity index (χ2v) is 13.5. The number of ether oxygens (including phenoxy) is 2. The number of esters is 2. The van der Waals surface area contributed by atoms with Crippen molar-refractivity contribution in [1.82, 2.24) is 0 Å². The van der Waals surface area contributed by atoms with E-state index in [-0.39, 0.29) is 25.0 Å². The van der Waals surface area contributed by atoms with Crippen LogP contribution in [0.15, 0.2) is 24.3 Å². The first-order valence-electron chi connectivity index (χ1n) is 16.6. The van der Waals surface area contributed by atoms with E-state index >= 15 is 0 Å². The van der Waals surface area contributed by atoms with Crippen LogP contribution in [0.4, 0.5) is 0 Å². The van der Waals surface area contributed by atoms with E-state index in [1.54, 1.807) is 0 Å². The largest absolute Gasteiger partial charge is 0.461 e. The molecule has 0 radical (unpaired) electrons. The fourth-order valence-electron chi connectivity index (χ4n) is 5.33. The second kappa shape index (κ2) is 24.7. The Morgan fingerprint density at radius 2 is 1.02 bits per heavy atom. The zero-order valence-corrected chi connectivity index (χ0v) is 28.1. The summed E-state index contributed by atoms with van der Waals surface area (Å²) in [5, 5.41) is -2.04. The standard InChI is InChI=1S/C34H62O7S/c1-7-11-13-15-17-19-23-30(21-9-3)28(5)26-40-33(35)25-32(42(37,38)39)34(36)41-27-29(6)31(22-10-4)24-20-18-16-14-12-8-2/h30-32H,5-27H2,1-4H3,(H,37,38,39). The third-order valence-corrected chi connectivity index (χ3v) is 9.11. The van der Waals surface area contributed by atoms with E-state index in [2.05, 4.69) is 40.9 Å². The van der Waals surface area contributed by atoms with Gasteiger partial charge in [-0.2, -0.15) is 8.42 Å². The Labute approximate surface area is 258 Å². The number of hydrogen-bond donors (Lipinski definition) is 1. The van der Waals surface area contributed by atoms with Crippen LogP contribution in [0, 0.1) is 11.8 Å². The van der Waals surface area contributed by atoms with E-state index < -0.39 is 33.7 Å². The van der Waals surface area contributed by atoms with Crippen LogP contribution in [0.5, 0.6) is 0 Å². The molecular formula is C34H62O7S. The molecule has 42 heavy (non-hydrogen) atoms. The van der Waals surface area contributed by atoms with E-state index in [0.717, 1.165) is 75.4 Å². The average Bonchev–Trinajstić information content (AvgIpc) is 2.94. The normalized spacial score (nSPS) is 13.7. The van der Waals surface area contributed by atoms with Crippen molar-refractivity contribution in [1.29, 1.82) is 0 Å². The van der Waals surface area contributed by atoms with Crippen molar-refractivity contribution in [3.8, 4) is 0 Å². The minimum Gasteiger partial charge on any atom is -0.461 e. The van der Waals surface area contributed by atoms with Gasteiger partial charge in [-0.15, -0.1) is 0 Å². The predicted molar refractivity (Wildman–Crippen MR) is 173 cm³/mol. The summed E-state index contributed by atoms with van der Waals surface area (Å²) in [5.74, 6) is -1.68. The Morgan fingerprint density at radius 1 is 0.619 bits per heavy atom. The fourth-order valence-corrected chi connectivity index (χ4v) is 5.99. The number of carbonyl (C=O) groups excluding carboxylic acids is 2. The molecule has 8 heteroatoms. The molecule has 0 bridgehead atoms. The summed E-state index contributed by atoms with van der Waals surface area (Å²) in [4.78, 5) is 25.2. The number of unbranched alkanes of at least 4 members (excludes halogenated alkanes) is 10. The zero-order chi connectivity index (χ0) is 31.8. The van der Waals surface area contributed by atoms with Gasteiger partial charge in [0.05, 0.1) is 6.42 Å². The number of carbonyl (C=O) groups is 2. The molecular weight excluding hydrogens is 552 g/mol. The second-order valence-electron chi connectivity index (χ2n) is 11.9. The van der Waals surface area contributed by atoms with Gasteiger partial charge in [0.2, 0.25) is 0 Å². The molecule has 0 aliphatic heterocycles. The lowest BCUT2D eigenvalue weighted by molar-refractivity contribution is -0.149. The highest BCUT2D eigenvalue weighted by molar-refractivity contribution is 7.87. The molecule has 3 unspecified atom stereocenters. The molecule has 7 nitrogen and oxygen atoms in total. The van der Waals surface area contributed by atoms with Gasteiger partial charge in [-0.05, 0) is 48.7 Å². The van der Waals surface area contributed by atoms with Gasteiger partial charge < -0.3 is 9.47 Å². The monoisotopic (exact) mass is 614 g/mol. The van der Waals surface area contributed by atoms with Crippen LogP contribution >= 0.6 is 0 Å². The Kier molecular flexibility index (Phi) is 23.8. The SMILES string of the molecule is C=C(COC(=O)CC(C(=O)OCC(=C)C(CCC)CCCCCCCC)S(=O)(=O)O)C(CCC)CCCCCCCC. The van der Waals surface area contributed by atoms with Gasteiger partial charge in [-0.1, -0.05) is 131 Å². The van der Waals surface area contributed by atoms with Gasteiger partial charge in [-0.25, -0.2) is 0 Å². The van der Waals surface area contributed by atoms with Crippen LogP contribution < -0.4 is 0 Å². The van der Waals surface area contributed by atoms with E-state index in [1.807, 2.05) is 0 Å². The summed E-state index contributed by atoms with van der Waals surface area (Å²) in [6, 6.07) is 0. The molecule has 0 aliphatic carbocycles. The van der Waals surface area contributed by atoms with Crippen LogP contribution in [-0.4, -0.2) is 43.4 Å². The molecule has 0 aromatic rings. The lowest BCUT2D eigenvalue weighted by Gasteiger charge is -2.21. The van der Waals surface area contributed by atoms with Crippen molar-refractivity contribution in [2.45, 2.75) is 155 Å². The molecule has 0 heterocycles. The van der Waals surface area contributed by atoms with Crippen LogP contribution in [0.2, 0.25) is 0 Å². The summed E-state index contributed by atoms with van der Waals surface area (Å²) in [6.45, 7) is 16.6. The summed E-state index contributed by atoms with van der Waals surface area (Å²) in [5.41, 5.74) is 1.51. The predicted octanol–water partition coefficient (Wildman–Crippen LogP) is 9.17. The molecule has 0 rings (SSSR count). The van der Waals surface area contributed by atoms with E-state index in [9.17, 15) is 22.6 Å². The minimum atomic E-state index is -4.88. The molecule has 0 saturated carbocycles. The van der Waals surface area contributed by atoms with Crippen molar-refractivity contribution in [3.63, 3.8) is 0 Å². The van der Waals surface area contributed by atoms with Gasteiger partial charge >= 0.3 is 11.9 Å². The van der Waals surface area contributed by atoms with E-state index in [0.29, 0.717) is 0 Å². The minimum absolute atomic E-state index is 0.0411. The average molecular weight is 615 g/mol. The molecule has 0 saturated heterocycles. The summed E-state index contributed by atoms with van der Waals surface area (Å²) >= 11 is 0. The third-order valence-electron chi connectivity index (χ3n) is 8.03. The van der Waals surface area contributed by atoms with Crippen LogP contribution in [0.1, 0.15) is 150 Å². The Morgan fingerprint density at radius 3 is 1.43 bits per heavy atom. The van der Waals surface area contributed by atoms with Crippen molar-refractivity contribution in [2.75, 3.05) is 13.2 Å². The maximum absolute atomic E-state index is 12.7. The summed E-state index contributed by atoms with van der Waals surface area (Å²) in [6.07, 6.45) is 19.1. The van der Waals surface area contributed by atoms with Crippen LogP contribution in [-0.2, 0) is 29.2 Å². The maximum Gasteiger partial charge on any atom is 0.327 e. The lowest BCUT2D eigenvalue weighted by atomic mass is 9.90. The molecule has 0 amide bonds. The molecule has 0 fully saturated rings. The quantitative estimate of drug-likeness (QED) is 0.0405. The van der Waals surface area contributed by atoms with Crippen LogP contribution in [0.3, 0.4) is 0 Å². The van der Waals surface area contributed by atoms with Gasteiger partial charge in [0.25, 0.3) is 10.1 Å². The summed E-state index contributed by atoms with van der Waals surface area (Å²) < 4.78 is 44.2. The molecule has 246 valence electrons. The first-order chi connectivity index (χ1) is 20.0. The third kappa shape index (κ3) is 19.5. The highest BCUT2D eigenvalue weighted by Gasteiger charge is 2.36. The van der Waals surface area contributed by atoms with E-state index in [4.69, 9.17) is 9.47 Å². The Hall–Kier alpha value is -1.67. The van der Waals surface area contributed by atoms with E-state index in [1.165, 1.54) is 51.4 Å². The Balaban J connectivity index is 4.87. The highest BCUT2D eigenvalue weighted by atomic mass is 32.2. The first kappa shape index (κ1) is 40.3. The van der Waals surface area contributed by atoms with Gasteiger partial charge in [0.1, 0.15) is 13.2 Å². The van der Waals surface area contributed by atoms with Crippen molar-refractivity contribution in [3.05, 3.63) is 24.3 Å². The van der Waals surface area contributed by atoms with Gasteiger partial charge in [0, 0.05) is 0 Å². The van der Waals surface area contributed by atoms with Gasteiger partial charge in [-0.3, -0.25) is 14.1 Å². The maximum atomic E-state index is 12.7. The number of hydrogen-bond acceptors (Lipinski definition) is 6. The van der Waals surface area contributed by atoms with Crippen molar-refractivity contribution < 1.29 is 32.0 Å². The lowest BCUT2D eigenvalue weighted by Crippen LogP contribution is -2.35. The van der Waals surface area contributed by atoms with Crippen LogP contribution in [0.25, 0.3) is 0 Å². The Bertz CT molecular complexity index is 865.